The number of amides is 1. The van der Waals surface area contributed by atoms with Gasteiger partial charge >= 0.3 is 0 Å². The molecule has 3 N–H and O–H groups in total. The van der Waals surface area contributed by atoms with Crippen molar-refractivity contribution in [3.63, 3.8) is 0 Å². The van der Waals surface area contributed by atoms with Crippen molar-refractivity contribution >= 4 is 28.3 Å². The Bertz CT molecular complexity index is 893. The van der Waals surface area contributed by atoms with E-state index in [2.05, 4.69) is 27.5 Å². The molecule has 0 saturated carbocycles. The summed E-state index contributed by atoms with van der Waals surface area (Å²) in [6.45, 7) is 3.64. The Hall–Kier alpha value is -1.87. The van der Waals surface area contributed by atoms with Crippen molar-refractivity contribution in [3.8, 4) is 0 Å². The minimum atomic E-state index is -3.71. The largest absolute Gasteiger partial charge is 0.448 e. The fourth-order valence-electron chi connectivity index (χ4n) is 2.65. The van der Waals surface area contributed by atoms with Gasteiger partial charge in [-0.25, -0.2) is 13.1 Å². The summed E-state index contributed by atoms with van der Waals surface area (Å²) in [7, 11) is -2.42. The Balaban J connectivity index is 0.00000225. The van der Waals surface area contributed by atoms with Crippen LogP contribution in [0.15, 0.2) is 33.8 Å². The van der Waals surface area contributed by atoms with Crippen molar-refractivity contribution in [3.05, 3.63) is 52.3 Å². The van der Waals surface area contributed by atoms with Gasteiger partial charge in [0, 0.05) is 25.7 Å². The lowest BCUT2D eigenvalue weighted by atomic mass is 10.1. The minimum Gasteiger partial charge on any atom is -0.448 e. The zero-order valence-electron chi connectivity index (χ0n) is 13.9. The number of nitrogens with one attached hydrogen (secondary N) is 3. The molecule has 0 unspecified atom stereocenters. The van der Waals surface area contributed by atoms with Gasteiger partial charge in [0.05, 0.1) is 5.56 Å². The Kier molecular flexibility index (Phi) is 5.89. The summed E-state index contributed by atoms with van der Waals surface area (Å²) >= 11 is 0. The third-order valence-corrected chi connectivity index (χ3v) is 5.30. The van der Waals surface area contributed by atoms with Gasteiger partial charge in [-0.15, -0.1) is 12.4 Å². The molecule has 0 bridgehead atoms. The Morgan fingerprint density at radius 1 is 1.24 bits per heavy atom. The van der Waals surface area contributed by atoms with Gasteiger partial charge in [0.2, 0.25) is 5.09 Å². The number of furan rings is 1. The molecule has 0 aliphatic carbocycles. The van der Waals surface area contributed by atoms with Crippen molar-refractivity contribution < 1.29 is 17.6 Å². The molecule has 1 amide bonds. The first kappa shape index (κ1) is 19.5. The Morgan fingerprint density at radius 2 is 1.96 bits per heavy atom. The van der Waals surface area contributed by atoms with Gasteiger partial charge in [0.25, 0.3) is 15.9 Å². The van der Waals surface area contributed by atoms with Crippen LogP contribution < -0.4 is 15.4 Å². The highest BCUT2D eigenvalue weighted by molar-refractivity contribution is 7.89. The van der Waals surface area contributed by atoms with Crippen LogP contribution in [0.5, 0.6) is 0 Å². The molecule has 136 valence electrons. The number of sulfonamides is 1. The Labute approximate surface area is 152 Å². The number of hydrogen-bond acceptors (Lipinski definition) is 5. The number of rotatable bonds is 5. The normalized spacial score (nSPS) is 13.2. The van der Waals surface area contributed by atoms with Crippen molar-refractivity contribution in [2.75, 3.05) is 7.05 Å². The molecule has 0 saturated heterocycles. The van der Waals surface area contributed by atoms with Crippen LogP contribution in [-0.2, 0) is 29.7 Å². The molecule has 0 fully saturated rings. The molecule has 0 atom stereocenters. The SMILES string of the molecule is CNS(=O)(=O)c1cc(C(=O)NCc2ccc3c(c2)CNC3)c(C)o1.Cl. The minimum absolute atomic E-state index is 0. The fourth-order valence-corrected chi connectivity index (χ4v) is 3.36. The molecule has 25 heavy (non-hydrogen) atoms. The molecule has 0 radical (unpaired) electrons. The zero-order chi connectivity index (χ0) is 17.3. The molecule has 1 aromatic carbocycles. The number of fused-ring (bicyclic) bond motifs is 1. The van der Waals surface area contributed by atoms with Crippen molar-refractivity contribution in [1.29, 1.82) is 0 Å². The van der Waals surface area contributed by atoms with E-state index in [0.717, 1.165) is 18.7 Å². The predicted molar refractivity (Wildman–Crippen MR) is 95.1 cm³/mol. The Morgan fingerprint density at radius 3 is 2.68 bits per heavy atom. The van der Waals surface area contributed by atoms with Crippen LogP contribution in [0.4, 0.5) is 0 Å². The number of carbonyl (C=O) groups is 1. The van der Waals surface area contributed by atoms with Gasteiger partial charge in [-0.3, -0.25) is 4.79 Å². The summed E-state index contributed by atoms with van der Waals surface area (Å²) in [5.41, 5.74) is 3.72. The second-order valence-electron chi connectivity index (χ2n) is 5.63. The number of benzene rings is 1. The van der Waals surface area contributed by atoms with E-state index in [4.69, 9.17) is 4.42 Å². The topological polar surface area (TPSA) is 100 Å². The van der Waals surface area contributed by atoms with Crippen molar-refractivity contribution in [1.82, 2.24) is 15.4 Å². The third-order valence-electron chi connectivity index (χ3n) is 4.03. The molecule has 2 aromatic rings. The van der Waals surface area contributed by atoms with E-state index >= 15 is 0 Å². The van der Waals surface area contributed by atoms with Gasteiger partial charge in [-0.1, -0.05) is 18.2 Å². The van der Waals surface area contributed by atoms with Crippen LogP contribution in [0.2, 0.25) is 0 Å². The van der Waals surface area contributed by atoms with Crippen LogP contribution in [-0.4, -0.2) is 21.4 Å². The molecule has 1 aliphatic rings. The number of halogens is 1. The van der Waals surface area contributed by atoms with Crippen LogP contribution in [0.25, 0.3) is 0 Å². The van der Waals surface area contributed by atoms with E-state index in [1.807, 2.05) is 6.07 Å². The molecule has 9 heteroatoms. The van der Waals surface area contributed by atoms with E-state index in [1.54, 1.807) is 6.92 Å². The molecule has 0 spiro atoms. The highest BCUT2D eigenvalue weighted by atomic mass is 35.5. The maximum atomic E-state index is 12.3. The summed E-state index contributed by atoms with van der Waals surface area (Å²) in [5, 5.41) is 5.80. The van der Waals surface area contributed by atoms with Gasteiger partial charge in [0.15, 0.2) is 0 Å². The van der Waals surface area contributed by atoms with E-state index < -0.39 is 10.0 Å². The lowest BCUT2D eigenvalue weighted by molar-refractivity contribution is 0.0949. The highest BCUT2D eigenvalue weighted by Crippen LogP contribution is 2.20. The lowest BCUT2D eigenvalue weighted by Gasteiger charge is -2.06. The molecule has 1 aliphatic heterocycles. The third kappa shape index (κ3) is 4.04. The van der Waals surface area contributed by atoms with Gasteiger partial charge in [-0.05, 0) is 30.7 Å². The smallest absolute Gasteiger partial charge is 0.273 e. The molecular formula is C16H20ClN3O4S. The lowest BCUT2D eigenvalue weighted by Crippen LogP contribution is -2.23. The number of aryl methyl sites for hydroxylation is 1. The average Bonchev–Trinajstić information content (AvgIpc) is 3.18. The highest BCUT2D eigenvalue weighted by Gasteiger charge is 2.22. The molecule has 7 nitrogen and oxygen atoms in total. The summed E-state index contributed by atoms with van der Waals surface area (Å²) in [6.07, 6.45) is 0. The van der Waals surface area contributed by atoms with Crippen LogP contribution in [0.1, 0.15) is 32.8 Å². The average molecular weight is 386 g/mol. The monoisotopic (exact) mass is 385 g/mol. The first-order valence-corrected chi connectivity index (χ1v) is 9.02. The van der Waals surface area contributed by atoms with Crippen LogP contribution in [0, 0.1) is 6.92 Å². The van der Waals surface area contributed by atoms with Crippen molar-refractivity contribution in [2.24, 2.45) is 0 Å². The van der Waals surface area contributed by atoms with E-state index in [1.165, 1.54) is 24.2 Å². The van der Waals surface area contributed by atoms with Gasteiger partial charge < -0.3 is 15.1 Å². The fraction of sp³-hybridized carbons (Fsp3) is 0.312. The summed E-state index contributed by atoms with van der Waals surface area (Å²) in [4.78, 5) is 12.3. The maximum absolute atomic E-state index is 12.3. The predicted octanol–water partition coefficient (Wildman–Crippen LogP) is 1.45. The van der Waals surface area contributed by atoms with E-state index in [0.29, 0.717) is 6.54 Å². The van der Waals surface area contributed by atoms with Crippen molar-refractivity contribution in [2.45, 2.75) is 31.7 Å². The molecule has 3 rings (SSSR count). The second kappa shape index (κ2) is 7.57. The number of hydrogen-bond donors (Lipinski definition) is 3. The molecule has 1 aromatic heterocycles. The first-order chi connectivity index (χ1) is 11.4. The summed E-state index contributed by atoms with van der Waals surface area (Å²) in [6, 6.07) is 7.33. The quantitative estimate of drug-likeness (QED) is 0.723. The summed E-state index contributed by atoms with van der Waals surface area (Å²) < 4.78 is 30.8. The van der Waals surface area contributed by atoms with Crippen LogP contribution >= 0.6 is 12.4 Å². The first-order valence-electron chi connectivity index (χ1n) is 7.54. The van der Waals surface area contributed by atoms with Gasteiger partial charge in [-0.2, -0.15) is 0 Å². The van der Waals surface area contributed by atoms with Crippen LogP contribution in [0.3, 0.4) is 0 Å². The second-order valence-corrected chi connectivity index (χ2v) is 7.45. The van der Waals surface area contributed by atoms with E-state index in [9.17, 15) is 13.2 Å². The zero-order valence-corrected chi connectivity index (χ0v) is 15.5. The van der Waals surface area contributed by atoms with Gasteiger partial charge in [0.1, 0.15) is 5.76 Å². The standard InChI is InChI=1S/C16H19N3O4S.ClH/c1-10-14(6-15(23-10)24(21,22)17-2)16(20)19-7-11-3-4-12-8-18-9-13(12)5-11;/h3-6,17-18H,7-9H2,1-2H3,(H,19,20);1H. The number of carbonyl (C=O) groups excluding carboxylic acids is 1. The molecule has 2 heterocycles. The van der Waals surface area contributed by atoms with E-state index in [-0.39, 0.29) is 34.7 Å². The molecular weight excluding hydrogens is 366 g/mol. The summed E-state index contributed by atoms with van der Waals surface area (Å²) in [5.74, 6) is -0.105. The maximum Gasteiger partial charge on any atom is 0.273 e.